The Kier molecular flexibility index (Phi) is 3.44. The van der Waals surface area contributed by atoms with Crippen LogP contribution in [0.5, 0.6) is 0 Å². The molecule has 0 spiro atoms. The fourth-order valence-electron chi connectivity index (χ4n) is 3.04. The van der Waals surface area contributed by atoms with Crippen molar-refractivity contribution in [2.75, 3.05) is 13.1 Å². The summed E-state index contributed by atoms with van der Waals surface area (Å²) in [5.74, 6) is 0.788. The Labute approximate surface area is 116 Å². The zero-order chi connectivity index (χ0) is 12.5. The normalized spacial score (nSPS) is 20.4. The number of aryl methyl sites for hydroxylation is 1. The van der Waals surface area contributed by atoms with Gasteiger partial charge in [0.2, 0.25) is 0 Å². The molecule has 1 N–H and O–H groups in total. The van der Waals surface area contributed by atoms with Crippen molar-refractivity contribution in [2.45, 2.75) is 19.3 Å². The SMILES string of the molecule is Cn1cc(Br)c2c(CC3CCCNC3)cccc21. The minimum atomic E-state index is 0.788. The maximum Gasteiger partial charge on any atom is 0.0492 e. The number of aromatic nitrogens is 1. The molecule has 2 nitrogen and oxygen atoms in total. The summed E-state index contributed by atoms with van der Waals surface area (Å²) in [6.07, 6.45) is 6.02. The van der Waals surface area contributed by atoms with Gasteiger partial charge < -0.3 is 9.88 Å². The second-order valence-corrected chi connectivity index (χ2v) is 6.17. The molecule has 1 atom stereocenters. The lowest BCUT2D eigenvalue weighted by molar-refractivity contribution is 0.377. The summed E-state index contributed by atoms with van der Waals surface area (Å²) in [4.78, 5) is 0. The molecule has 0 radical (unpaired) electrons. The predicted molar refractivity (Wildman–Crippen MR) is 79.9 cm³/mol. The molecule has 2 aromatic rings. The highest BCUT2D eigenvalue weighted by Crippen LogP contribution is 2.31. The molecule has 0 saturated carbocycles. The zero-order valence-electron chi connectivity index (χ0n) is 10.7. The van der Waals surface area contributed by atoms with E-state index >= 15 is 0 Å². The summed E-state index contributed by atoms with van der Waals surface area (Å²) in [5, 5.41) is 4.90. The van der Waals surface area contributed by atoms with Crippen molar-refractivity contribution >= 4 is 26.8 Å². The molecule has 0 amide bonds. The van der Waals surface area contributed by atoms with Gasteiger partial charge in [0.05, 0.1) is 0 Å². The number of fused-ring (bicyclic) bond motifs is 1. The maximum atomic E-state index is 3.70. The number of halogens is 1. The van der Waals surface area contributed by atoms with Gasteiger partial charge in [-0.25, -0.2) is 0 Å². The van der Waals surface area contributed by atoms with Gasteiger partial charge in [-0.1, -0.05) is 12.1 Å². The molecule has 1 unspecified atom stereocenters. The summed E-state index contributed by atoms with van der Waals surface area (Å²) in [6, 6.07) is 6.66. The minimum absolute atomic E-state index is 0.788. The summed E-state index contributed by atoms with van der Waals surface area (Å²) in [6.45, 7) is 2.36. The van der Waals surface area contributed by atoms with Crippen LogP contribution in [0.1, 0.15) is 18.4 Å². The van der Waals surface area contributed by atoms with Gasteiger partial charge in [0, 0.05) is 28.6 Å². The van der Waals surface area contributed by atoms with Crippen LogP contribution in [0.4, 0.5) is 0 Å². The molecule has 1 fully saturated rings. The highest BCUT2D eigenvalue weighted by molar-refractivity contribution is 9.10. The lowest BCUT2D eigenvalue weighted by Gasteiger charge is -2.23. The lowest BCUT2D eigenvalue weighted by Crippen LogP contribution is -2.30. The highest BCUT2D eigenvalue weighted by Gasteiger charge is 2.16. The molecule has 1 saturated heterocycles. The Morgan fingerprint density at radius 1 is 1.44 bits per heavy atom. The van der Waals surface area contributed by atoms with Gasteiger partial charge >= 0.3 is 0 Å². The monoisotopic (exact) mass is 306 g/mol. The van der Waals surface area contributed by atoms with E-state index < -0.39 is 0 Å². The second kappa shape index (κ2) is 5.06. The van der Waals surface area contributed by atoms with Crippen molar-refractivity contribution in [3.63, 3.8) is 0 Å². The van der Waals surface area contributed by atoms with Crippen LogP contribution >= 0.6 is 15.9 Å². The largest absolute Gasteiger partial charge is 0.349 e. The van der Waals surface area contributed by atoms with Crippen molar-refractivity contribution < 1.29 is 0 Å². The van der Waals surface area contributed by atoms with E-state index in [9.17, 15) is 0 Å². The Hall–Kier alpha value is -0.800. The maximum absolute atomic E-state index is 3.70. The van der Waals surface area contributed by atoms with E-state index in [1.807, 2.05) is 0 Å². The Morgan fingerprint density at radius 2 is 2.33 bits per heavy atom. The van der Waals surface area contributed by atoms with Gasteiger partial charge in [-0.3, -0.25) is 0 Å². The van der Waals surface area contributed by atoms with Crippen LogP contribution in [0.15, 0.2) is 28.9 Å². The van der Waals surface area contributed by atoms with Crippen LogP contribution in [0.25, 0.3) is 10.9 Å². The van der Waals surface area contributed by atoms with E-state index in [-0.39, 0.29) is 0 Å². The van der Waals surface area contributed by atoms with Crippen molar-refractivity contribution in [1.82, 2.24) is 9.88 Å². The molecule has 1 aromatic heterocycles. The zero-order valence-corrected chi connectivity index (χ0v) is 12.3. The van der Waals surface area contributed by atoms with Crippen LogP contribution < -0.4 is 5.32 Å². The first kappa shape index (κ1) is 12.2. The van der Waals surface area contributed by atoms with Crippen LogP contribution in [0.3, 0.4) is 0 Å². The molecule has 1 aliphatic heterocycles. The van der Waals surface area contributed by atoms with Crippen LogP contribution in [-0.2, 0) is 13.5 Å². The predicted octanol–water partition coefficient (Wildman–Crippen LogP) is 3.48. The average Bonchev–Trinajstić information content (AvgIpc) is 2.67. The first-order valence-electron chi connectivity index (χ1n) is 6.69. The lowest BCUT2D eigenvalue weighted by atomic mass is 9.91. The molecular weight excluding hydrogens is 288 g/mol. The quantitative estimate of drug-likeness (QED) is 0.899. The van der Waals surface area contributed by atoms with Crippen LogP contribution in [0.2, 0.25) is 0 Å². The van der Waals surface area contributed by atoms with Crippen molar-refractivity contribution in [1.29, 1.82) is 0 Å². The smallest absolute Gasteiger partial charge is 0.0492 e. The number of piperidine rings is 1. The average molecular weight is 307 g/mol. The Balaban J connectivity index is 1.95. The van der Waals surface area contributed by atoms with Crippen molar-refractivity contribution in [3.05, 3.63) is 34.4 Å². The molecule has 3 heteroatoms. The first-order valence-corrected chi connectivity index (χ1v) is 7.48. The first-order chi connectivity index (χ1) is 8.75. The van der Waals surface area contributed by atoms with Gasteiger partial charge in [0.15, 0.2) is 0 Å². The second-order valence-electron chi connectivity index (χ2n) is 5.32. The summed E-state index contributed by atoms with van der Waals surface area (Å²) in [5.41, 5.74) is 2.80. The third kappa shape index (κ3) is 2.21. The number of nitrogens with zero attached hydrogens (tertiary/aromatic N) is 1. The molecule has 3 rings (SSSR count). The minimum Gasteiger partial charge on any atom is -0.349 e. The highest BCUT2D eigenvalue weighted by atomic mass is 79.9. The fourth-order valence-corrected chi connectivity index (χ4v) is 3.80. The Morgan fingerprint density at radius 3 is 3.11 bits per heavy atom. The number of rotatable bonds is 2. The van der Waals surface area contributed by atoms with Gasteiger partial charge in [-0.2, -0.15) is 0 Å². The summed E-state index contributed by atoms with van der Waals surface area (Å²) < 4.78 is 3.42. The summed E-state index contributed by atoms with van der Waals surface area (Å²) in [7, 11) is 2.11. The number of hydrogen-bond acceptors (Lipinski definition) is 1. The molecule has 96 valence electrons. The number of benzene rings is 1. The van der Waals surface area contributed by atoms with Crippen LogP contribution in [-0.4, -0.2) is 17.7 Å². The molecule has 0 aliphatic carbocycles. The molecule has 1 aromatic carbocycles. The molecule has 18 heavy (non-hydrogen) atoms. The van der Waals surface area contributed by atoms with E-state index in [0.29, 0.717) is 0 Å². The molecule has 1 aliphatic rings. The third-order valence-electron chi connectivity index (χ3n) is 3.96. The molecule has 0 bridgehead atoms. The van der Waals surface area contributed by atoms with E-state index in [2.05, 4.69) is 57.3 Å². The van der Waals surface area contributed by atoms with Crippen molar-refractivity contribution in [3.8, 4) is 0 Å². The Bertz CT molecular complexity index is 553. The van der Waals surface area contributed by atoms with Gasteiger partial charge in [0.1, 0.15) is 0 Å². The number of nitrogens with one attached hydrogen (secondary N) is 1. The fraction of sp³-hybridized carbons (Fsp3) is 0.467. The van der Waals surface area contributed by atoms with E-state index in [1.54, 1.807) is 0 Å². The summed E-state index contributed by atoms with van der Waals surface area (Å²) >= 11 is 3.70. The topological polar surface area (TPSA) is 17.0 Å². The third-order valence-corrected chi connectivity index (χ3v) is 4.56. The molecular formula is C15H19BrN2. The van der Waals surface area contributed by atoms with Gasteiger partial charge in [-0.15, -0.1) is 0 Å². The molecule has 2 heterocycles. The van der Waals surface area contributed by atoms with Crippen LogP contribution in [0, 0.1) is 5.92 Å². The van der Waals surface area contributed by atoms with Crippen molar-refractivity contribution in [2.24, 2.45) is 13.0 Å². The standard InChI is InChI=1S/C15H19BrN2/c1-18-10-13(16)15-12(5-2-6-14(15)18)8-11-4-3-7-17-9-11/h2,5-6,10-11,17H,3-4,7-9H2,1H3. The van der Waals surface area contributed by atoms with Gasteiger partial charge in [-0.05, 0) is 65.8 Å². The van der Waals surface area contributed by atoms with E-state index in [1.165, 1.54) is 53.3 Å². The number of hydrogen-bond donors (Lipinski definition) is 1. The van der Waals surface area contributed by atoms with Gasteiger partial charge in [0.25, 0.3) is 0 Å². The van der Waals surface area contributed by atoms with E-state index in [4.69, 9.17) is 0 Å². The van der Waals surface area contributed by atoms with E-state index in [0.717, 1.165) is 5.92 Å².